The van der Waals surface area contributed by atoms with E-state index in [1.54, 1.807) is 13.8 Å². The highest BCUT2D eigenvalue weighted by Gasteiger charge is 2.30. The molecule has 0 aliphatic carbocycles. The number of nitrogens with two attached hydrogens (primary N) is 1. The molecule has 0 spiro atoms. The number of hydrogen-bond donors (Lipinski definition) is 6. The largest absolute Gasteiger partial charge is 0.480 e. The van der Waals surface area contributed by atoms with Crippen molar-refractivity contribution in [3.05, 3.63) is 0 Å². The lowest BCUT2D eigenvalue weighted by Gasteiger charge is -2.26. The Bertz CT molecular complexity index is 503. The summed E-state index contributed by atoms with van der Waals surface area (Å²) >= 11 is 1.45. The Morgan fingerprint density at radius 3 is 2.08 bits per heavy atom. The molecule has 3 unspecified atom stereocenters. The predicted octanol–water partition coefficient (Wildman–Crippen LogP) is -2.11. The fourth-order valence-electron chi connectivity index (χ4n) is 1.99. The Labute approximate surface area is 156 Å². The van der Waals surface area contributed by atoms with Gasteiger partial charge in [-0.3, -0.25) is 14.4 Å². The predicted molar refractivity (Wildman–Crippen MR) is 97.4 cm³/mol. The zero-order valence-corrected chi connectivity index (χ0v) is 16.0. The molecule has 0 heterocycles. The highest BCUT2D eigenvalue weighted by atomic mass is 32.2. The van der Waals surface area contributed by atoms with Crippen LogP contribution in [-0.4, -0.2) is 77.2 Å². The molecule has 3 atom stereocenters. The fourth-order valence-corrected chi connectivity index (χ4v) is 2.46. The van der Waals surface area contributed by atoms with E-state index in [1.165, 1.54) is 11.8 Å². The van der Waals surface area contributed by atoms with Gasteiger partial charge in [0.25, 0.3) is 0 Å². The van der Waals surface area contributed by atoms with Crippen LogP contribution in [0.4, 0.5) is 0 Å². The number of carboxylic acid groups (broad SMARTS) is 1. The van der Waals surface area contributed by atoms with E-state index in [0.29, 0.717) is 5.75 Å². The first-order chi connectivity index (χ1) is 12.2. The van der Waals surface area contributed by atoms with E-state index in [9.17, 15) is 29.4 Å². The van der Waals surface area contributed by atoms with Crippen LogP contribution in [0.25, 0.3) is 0 Å². The van der Waals surface area contributed by atoms with Gasteiger partial charge in [0, 0.05) is 0 Å². The number of carbonyl (C=O) groups excluding carboxylic acids is 3. The molecular formula is C15H28N4O6S. The molecule has 0 saturated carbocycles. The van der Waals surface area contributed by atoms with Crippen LogP contribution in [0.3, 0.4) is 0 Å². The van der Waals surface area contributed by atoms with Crippen molar-refractivity contribution in [3.8, 4) is 0 Å². The second kappa shape index (κ2) is 12.5. The summed E-state index contributed by atoms with van der Waals surface area (Å²) in [5.41, 5.74) is 5.15. The lowest BCUT2D eigenvalue weighted by atomic mass is 10.0. The SMILES string of the molecule is CSCCC(NC(=O)C(NC(=O)C(CO)NC(=O)CN)C(C)C)C(=O)O. The standard InChI is InChI=1S/C15H28N4O6S/c1-8(2)12(14(23)18-9(15(24)25)4-5-26-3)19-13(22)10(7-20)17-11(21)6-16/h8-10,12,20H,4-7,16H2,1-3H3,(H,17,21)(H,18,23)(H,19,22)(H,24,25). The van der Waals surface area contributed by atoms with Crippen LogP contribution in [0.1, 0.15) is 20.3 Å². The summed E-state index contributed by atoms with van der Waals surface area (Å²) in [7, 11) is 0. The molecule has 0 bridgehead atoms. The third-order valence-electron chi connectivity index (χ3n) is 3.49. The Kier molecular flexibility index (Phi) is 11.6. The first kappa shape index (κ1) is 24.1. The van der Waals surface area contributed by atoms with Gasteiger partial charge in [0.1, 0.15) is 18.1 Å². The van der Waals surface area contributed by atoms with Crippen molar-refractivity contribution in [1.82, 2.24) is 16.0 Å². The van der Waals surface area contributed by atoms with Gasteiger partial charge in [0.2, 0.25) is 17.7 Å². The monoisotopic (exact) mass is 392 g/mol. The maximum atomic E-state index is 12.4. The molecule has 0 aromatic carbocycles. The number of thioether (sulfide) groups is 1. The molecule has 26 heavy (non-hydrogen) atoms. The van der Waals surface area contributed by atoms with Gasteiger partial charge in [-0.1, -0.05) is 13.8 Å². The number of carbonyl (C=O) groups is 4. The summed E-state index contributed by atoms with van der Waals surface area (Å²) in [6.45, 7) is 2.33. The molecule has 150 valence electrons. The third-order valence-corrected chi connectivity index (χ3v) is 4.14. The quantitative estimate of drug-likeness (QED) is 0.219. The van der Waals surface area contributed by atoms with E-state index in [0.717, 1.165) is 0 Å². The average Bonchev–Trinajstić information content (AvgIpc) is 2.59. The minimum Gasteiger partial charge on any atom is -0.480 e. The molecule has 0 aliphatic rings. The molecule has 7 N–H and O–H groups in total. The van der Waals surface area contributed by atoms with Crippen LogP contribution >= 0.6 is 11.8 Å². The summed E-state index contributed by atoms with van der Waals surface area (Å²) in [6.07, 6.45) is 2.06. The van der Waals surface area contributed by atoms with E-state index >= 15 is 0 Å². The maximum absolute atomic E-state index is 12.4. The van der Waals surface area contributed by atoms with E-state index in [2.05, 4.69) is 16.0 Å². The van der Waals surface area contributed by atoms with Crippen molar-refractivity contribution < 1.29 is 29.4 Å². The minimum absolute atomic E-state index is 0.243. The van der Waals surface area contributed by atoms with E-state index in [1.807, 2.05) is 6.26 Å². The van der Waals surface area contributed by atoms with Gasteiger partial charge in [0.05, 0.1) is 13.2 Å². The molecule has 0 saturated heterocycles. The van der Waals surface area contributed by atoms with Crippen LogP contribution in [0, 0.1) is 5.92 Å². The normalized spacial score (nSPS) is 14.2. The first-order valence-electron chi connectivity index (χ1n) is 8.10. The molecule has 3 amide bonds. The van der Waals surface area contributed by atoms with Crippen molar-refractivity contribution in [1.29, 1.82) is 0 Å². The summed E-state index contributed by atoms with van der Waals surface area (Å²) < 4.78 is 0. The molecule has 0 aliphatic heterocycles. The average molecular weight is 392 g/mol. The summed E-state index contributed by atoms with van der Waals surface area (Å²) in [4.78, 5) is 47.2. The zero-order chi connectivity index (χ0) is 20.3. The van der Waals surface area contributed by atoms with Gasteiger partial charge < -0.3 is 31.9 Å². The van der Waals surface area contributed by atoms with Gasteiger partial charge in [0.15, 0.2) is 0 Å². The number of nitrogens with one attached hydrogen (secondary N) is 3. The third kappa shape index (κ3) is 8.50. The second-order valence-electron chi connectivity index (χ2n) is 5.92. The van der Waals surface area contributed by atoms with Gasteiger partial charge >= 0.3 is 5.97 Å². The number of rotatable bonds is 12. The Balaban J connectivity index is 5.04. The lowest BCUT2D eigenvalue weighted by molar-refractivity contribution is -0.142. The molecular weight excluding hydrogens is 364 g/mol. The van der Waals surface area contributed by atoms with Crippen molar-refractivity contribution >= 4 is 35.5 Å². The van der Waals surface area contributed by atoms with Gasteiger partial charge in [-0.15, -0.1) is 0 Å². The van der Waals surface area contributed by atoms with Crippen LogP contribution < -0.4 is 21.7 Å². The Hall–Kier alpha value is -1.85. The maximum Gasteiger partial charge on any atom is 0.326 e. The van der Waals surface area contributed by atoms with E-state index in [-0.39, 0.29) is 18.9 Å². The number of amides is 3. The van der Waals surface area contributed by atoms with Crippen LogP contribution in [0.5, 0.6) is 0 Å². The van der Waals surface area contributed by atoms with Gasteiger partial charge in [-0.25, -0.2) is 4.79 Å². The van der Waals surface area contributed by atoms with Crippen molar-refractivity contribution in [2.75, 3.05) is 25.2 Å². The summed E-state index contributed by atoms with van der Waals surface area (Å²) in [5.74, 6) is -3.01. The molecule has 0 radical (unpaired) electrons. The van der Waals surface area contributed by atoms with E-state index in [4.69, 9.17) is 5.73 Å². The van der Waals surface area contributed by atoms with Crippen LogP contribution in [0.2, 0.25) is 0 Å². The smallest absolute Gasteiger partial charge is 0.326 e. The fraction of sp³-hybridized carbons (Fsp3) is 0.733. The van der Waals surface area contributed by atoms with Gasteiger partial charge in [-0.05, 0) is 24.3 Å². The first-order valence-corrected chi connectivity index (χ1v) is 9.50. The van der Waals surface area contributed by atoms with Crippen LogP contribution in [0.15, 0.2) is 0 Å². The lowest BCUT2D eigenvalue weighted by Crippen LogP contribution is -2.58. The molecule has 11 heteroatoms. The van der Waals surface area contributed by atoms with Crippen LogP contribution in [-0.2, 0) is 19.2 Å². The Morgan fingerprint density at radius 1 is 1.04 bits per heavy atom. The second-order valence-corrected chi connectivity index (χ2v) is 6.90. The number of aliphatic hydroxyl groups is 1. The molecule has 0 aromatic rings. The number of aliphatic carboxylic acids is 1. The molecule has 0 rings (SSSR count). The number of aliphatic hydroxyl groups excluding tert-OH is 1. The zero-order valence-electron chi connectivity index (χ0n) is 15.2. The van der Waals surface area contributed by atoms with E-state index < -0.39 is 48.4 Å². The highest BCUT2D eigenvalue weighted by molar-refractivity contribution is 7.98. The van der Waals surface area contributed by atoms with Crippen molar-refractivity contribution in [2.45, 2.75) is 38.4 Å². The van der Waals surface area contributed by atoms with Crippen molar-refractivity contribution in [2.24, 2.45) is 11.7 Å². The number of hydrogen-bond acceptors (Lipinski definition) is 7. The minimum atomic E-state index is -1.26. The topological polar surface area (TPSA) is 171 Å². The molecule has 10 nitrogen and oxygen atoms in total. The summed E-state index contributed by atoms with van der Waals surface area (Å²) in [6, 6.07) is -3.35. The molecule has 0 fully saturated rings. The highest BCUT2D eigenvalue weighted by Crippen LogP contribution is 2.06. The van der Waals surface area contributed by atoms with Gasteiger partial charge in [-0.2, -0.15) is 11.8 Å². The number of carboxylic acids is 1. The van der Waals surface area contributed by atoms with Crippen molar-refractivity contribution in [3.63, 3.8) is 0 Å². The Morgan fingerprint density at radius 2 is 1.65 bits per heavy atom. The summed E-state index contributed by atoms with van der Waals surface area (Å²) in [5, 5.41) is 25.5. The molecule has 0 aromatic heterocycles.